The van der Waals surface area contributed by atoms with Gasteiger partial charge in [0, 0.05) is 11.6 Å². The molecule has 6 heteroatoms. The third kappa shape index (κ3) is 3.33. The zero-order valence-electron chi connectivity index (χ0n) is 12.3. The fraction of sp³-hybridized carbons (Fsp3) is 0.118. The summed E-state index contributed by atoms with van der Waals surface area (Å²) in [6.45, 7) is 0. The number of hydrogen-bond donors (Lipinski definition) is 2. The van der Waals surface area contributed by atoms with E-state index in [-0.39, 0.29) is 10.6 Å². The van der Waals surface area contributed by atoms with Crippen molar-refractivity contribution < 1.29 is 13.5 Å². The standard InChI is InChI=1S/C17H16N2O3S/c18-23(21,22)14-8-4-12(5-9-14)3-6-13-7-10-16(20)17-15(13)2-1-11-19-17/h1-2,4-5,7-11,20H,3,6H2,(H2,18,21,22). The molecular formula is C17H16N2O3S. The van der Waals surface area contributed by atoms with Gasteiger partial charge < -0.3 is 5.11 Å². The number of aryl methyl sites for hydroxylation is 2. The first-order valence-electron chi connectivity index (χ1n) is 7.12. The van der Waals surface area contributed by atoms with Crippen LogP contribution in [0.3, 0.4) is 0 Å². The Bertz CT molecular complexity index is 951. The number of aromatic nitrogens is 1. The number of rotatable bonds is 4. The topological polar surface area (TPSA) is 93.3 Å². The maximum Gasteiger partial charge on any atom is 0.238 e. The molecule has 118 valence electrons. The van der Waals surface area contributed by atoms with Crippen LogP contribution in [0, 0.1) is 0 Å². The summed E-state index contributed by atoms with van der Waals surface area (Å²) in [6, 6.07) is 13.9. The van der Waals surface area contributed by atoms with Crippen LogP contribution in [-0.2, 0) is 22.9 Å². The Labute approximate surface area is 134 Å². The lowest BCUT2D eigenvalue weighted by atomic mass is 10.0. The molecule has 0 spiro atoms. The van der Waals surface area contributed by atoms with Gasteiger partial charge in [0.15, 0.2) is 0 Å². The van der Waals surface area contributed by atoms with E-state index < -0.39 is 10.0 Å². The Morgan fingerprint density at radius 2 is 1.74 bits per heavy atom. The van der Waals surface area contributed by atoms with Crippen LogP contribution in [0.15, 0.2) is 59.6 Å². The van der Waals surface area contributed by atoms with Crippen molar-refractivity contribution in [1.29, 1.82) is 0 Å². The van der Waals surface area contributed by atoms with E-state index in [9.17, 15) is 13.5 Å². The van der Waals surface area contributed by atoms with Gasteiger partial charge in [-0.15, -0.1) is 0 Å². The molecule has 0 radical (unpaired) electrons. The zero-order chi connectivity index (χ0) is 16.4. The van der Waals surface area contributed by atoms with Crippen LogP contribution in [0.2, 0.25) is 0 Å². The number of sulfonamides is 1. The van der Waals surface area contributed by atoms with Gasteiger partial charge in [0.05, 0.1) is 4.90 Å². The second-order valence-electron chi connectivity index (χ2n) is 5.33. The highest BCUT2D eigenvalue weighted by molar-refractivity contribution is 7.89. The fourth-order valence-corrected chi connectivity index (χ4v) is 3.08. The zero-order valence-corrected chi connectivity index (χ0v) is 13.1. The van der Waals surface area contributed by atoms with Gasteiger partial charge in [-0.25, -0.2) is 13.6 Å². The molecule has 1 heterocycles. The highest BCUT2D eigenvalue weighted by Gasteiger charge is 2.08. The minimum absolute atomic E-state index is 0.112. The van der Waals surface area contributed by atoms with Gasteiger partial charge >= 0.3 is 0 Å². The van der Waals surface area contributed by atoms with Gasteiger partial charge in [-0.1, -0.05) is 24.3 Å². The Balaban J connectivity index is 1.83. The molecule has 2 aromatic carbocycles. The Morgan fingerprint density at radius 1 is 1.00 bits per heavy atom. The summed E-state index contributed by atoms with van der Waals surface area (Å²) in [6.07, 6.45) is 3.16. The molecule has 3 rings (SSSR count). The van der Waals surface area contributed by atoms with Crippen molar-refractivity contribution in [3.63, 3.8) is 0 Å². The number of phenols is 1. The first kappa shape index (κ1) is 15.5. The summed E-state index contributed by atoms with van der Waals surface area (Å²) < 4.78 is 22.5. The number of phenolic OH excluding ortho intramolecular Hbond substituents is 1. The lowest BCUT2D eigenvalue weighted by Crippen LogP contribution is -2.11. The number of nitrogens with zero attached hydrogens (tertiary/aromatic N) is 1. The van der Waals surface area contributed by atoms with E-state index >= 15 is 0 Å². The molecule has 3 aromatic rings. The summed E-state index contributed by atoms with van der Waals surface area (Å²) in [5, 5.41) is 15.9. The molecule has 0 aliphatic carbocycles. The monoisotopic (exact) mass is 328 g/mol. The largest absolute Gasteiger partial charge is 0.506 e. The maximum absolute atomic E-state index is 11.2. The van der Waals surface area contributed by atoms with Crippen LogP contribution < -0.4 is 5.14 Å². The molecule has 0 atom stereocenters. The van der Waals surface area contributed by atoms with E-state index in [1.807, 2.05) is 18.2 Å². The molecule has 0 saturated carbocycles. The minimum atomic E-state index is -3.66. The van der Waals surface area contributed by atoms with Gasteiger partial charge in [-0.3, -0.25) is 4.98 Å². The van der Waals surface area contributed by atoms with E-state index in [1.54, 1.807) is 24.4 Å². The molecule has 1 aromatic heterocycles. The summed E-state index contributed by atoms with van der Waals surface area (Å²) in [5.41, 5.74) is 2.69. The predicted octanol–water partition coefficient (Wildman–Crippen LogP) is 2.37. The Morgan fingerprint density at radius 3 is 2.43 bits per heavy atom. The third-order valence-corrected chi connectivity index (χ3v) is 4.70. The van der Waals surface area contributed by atoms with Crippen LogP contribution in [0.5, 0.6) is 5.75 Å². The van der Waals surface area contributed by atoms with Crippen molar-refractivity contribution >= 4 is 20.9 Å². The first-order valence-corrected chi connectivity index (χ1v) is 8.67. The lowest BCUT2D eigenvalue weighted by Gasteiger charge is -2.08. The second kappa shape index (κ2) is 5.98. The highest BCUT2D eigenvalue weighted by Crippen LogP contribution is 2.26. The fourth-order valence-electron chi connectivity index (χ4n) is 2.56. The van der Waals surface area contributed by atoms with Crippen LogP contribution in [0.4, 0.5) is 0 Å². The molecule has 0 aliphatic rings. The quantitative estimate of drug-likeness (QED) is 0.769. The summed E-state index contributed by atoms with van der Waals surface area (Å²) in [7, 11) is -3.66. The first-order chi connectivity index (χ1) is 10.9. The Hall–Kier alpha value is -2.44. The number of benzene rings is 2. The van der Waals surface area contributed by atoms with Gasteiger partial charge in [0.1, 0.15) is 11.3 Å². The third-order valence-electron chi connectivity index (χ3n) is 3.77. The van der Waals surface area contributed by atoms with Gasteiger partial charge in [0.25, 0.3) is 0 Å². The van der Waals surface area contributed by atoms with Crippen molar-refractivity contribution in [3.05, 3.63) is 65.9 Å². The van der Waals surface area contributed by atoms with Gasteiger partial charge in [0.2, 0.25) is 10.0 Å². The van der Waals surface area contributed by atoms with Crippen molar-refractivity contribution in [2.24, 2.45) is 5.14 Å². The predicted molar refractivity (Wildman–Crippen MR) is 88.6 cm³/mol. The average molecular weight is 328 g/mol. The molecule has 23 heavy (non-hydrogen) atoms. The summed E-state index contributed by atoms with van der Waals surface area (Å²) in [4.78, 5) is 4.32. The van der Waals surface area contributed by atoms with Crippen LogP contribution in [0.1, 0.15) is 11.1 Å². The molecule has 0 aliphatic heterocycles. The van der Waals surface area contributed by atoms with E-state index in [0.717, 1.165) is 29.4 Å². The van der Waals surface area contributed by atoms with Crippen LogP contribution in [0.25, 0.3) is 10.9 Å². The van der Waals surface area contributed by atoms with E-state index in [4.69, 9.17) is 5.14 Å². The number of fused-ring (bicyclic) bond motifs is 1. The SMILES string of the molecule is NS(=O)(=O)c1ccc(CCc2ccc(O)c3ncccc23)cc1. The normalized spacial score (nSPS) is 11.7. The molecule has 5 nitrogen and oxygen atoms in total. The Kier molecular flexibility index (Phi) is 4.02. The maximum atomic E-state index is 11.2. The number of nitrogens with two attached hydrogens (primary N) is 1. The number of pyridine rings is 1. The second-order valence-corrected chi connectivity index (χ2v) is 6.89. The lowest BCUT2D eigenvalue weighted by molar-refractivity contribution is 0.480. The average Bonchev–Trinajstić information content (AvgIpc) is 2.54. The number of hydrogen-bond acceptors (Lipinski definition) is 4. The van der Waals surface area contributed by atoms with Crippen LogP contribution >= 0.6 is 0 Å². The molecule has 3 N–H and O–H groups in total. The molecular weight excluding hydrogens is 312 g/mol. The molecule has 0 amide bonds. The van der Waals surface area contributed by atoms with Crippen LogP contribution in [-0.4, -0.2) is 18.5 Å². The minimum Gasteiger partial charge on any atom is -0.506 e. The van der Waals surface area contributed by atoms with E-state index in [0.29, 0.717) is 5.52 Å². The van der Waals surface area contributed by atoms with Crippen molar-refractivity contribution in [2.75, 3.05) is 0 Å². The highest BCUT2D eigenvalue weighted by atomic mass is 32.2. The van der Waals surface area contributed by atoms with Crippen molar-refractivity contribution in [1.82, 2.24) is 4.98 Å². The van der Waals surface area contributed by atoms with E-state index in [2.05, 4.69) is 4.98 Å². The summed E-state index contributed by atoms with van der Waals surface area (Å²) in [5.74, 6) is 0.168. The van der Waals surface area contributed by atoms with Crippen molar-refractivity contribution in [3.8, 4) is 5.75 Å². The number of aromatic hydroxyl groups is 1. The molecule has 0 unspecified atom stereocenters. The van der Waals surface area contributed by atoms with Gasteiger partial charge in [-0.2, -0.15) is 0 Å². The molecule has 0 saturated heterocycles. The summed E-state index contributed by atoms with van der Waals surface area (Å²) >= 11 is 0. The molecule has 0 bridgehead atoms. The smallest absolute Gasteiger partial charge is 0.238 e. The van der Waals surface area contributed by atoms with E-state index in [1.165, 1.54) is 12.1 Å². The molecule has 0 fully saturated rings. The van der Waals surface area contributed by atoms with Gasteiger partial charge in [-0.05, 0) is 48.2 Å². The number of primary sulfonamides is 1. The van der Waals surface area contributed by atoms with Crippen molar-refractivity contribution in [2.45, 2.75) is 17.7 Å².